The molecule has 0 radical (unpaired) electrons. The van der Waals surface area contributed by atoms with Crippen LogP contribution in [-0.2, 0) is 12.4 Å². The summed E-state index contributed by atoms with van der Waals surface area (Å²) in [6, 6.07) is 6.34. The van der Waals surface area contributed by atoms with Crippen LogP contribution in [0.25, 0.3) is 11.0 Å². The minimum Gasteiger partial charge on any atom is -0.326 e. The number of aromatic nitrogens is 2. The third kappa shape index (κ3) is 2.64. The molecule has 0 aliphatic heterocycles. The second-order valence-corrected chi connectivity index (χ2v) is 6.60. The van der Waals surface area contributed by atoms with E-state index in [1.807, 2.05) is 0 Å². The van der Waals surface area contributed by atoms with Gasteiger partial charge in [-0.15, -0.1) is 11.6 Å². The van der Waals surface area contributed by atoms with Crippen molar-refractivity contribution in [2.75, 3.05) is 0 Å². The first-order valence-corrected chi connectivity index (χ1v) is 7.41. The van der Waals surface area contributed by atoms with Crippen molar-refractivity contribution >= 4 is 22.6 Å². The van der Waals surface area contributed by atoms with Gasteiger partial charge in [0.15, 0.2) is 0 Å². The largest absolute Gasteiger partial charge is 0.326 e. The molecular formula is C16H23ClN2. The normalized spacial score (nSPS) is 12.6. The van der Waals surface area contributed by atoms with Crippen LogP contribution in [0.3, 0.4) is 0 Å². The number of para-hydroxylation sites is 1. The number of nitrogens with zero attached hydrogens (tertiary/aromatic N) is 2. The molecule has 0 amide bonds. The lowest BCUT2D eigenvalue weighted by molar-refractivity contribution is 0.211. The van der Waals surface area contributed by atoms with Crippen LogP contribution in [0.2, 0.25) is 0 Å². The first-order chi connectivity index (χ1) is 8.86. The number of hydrogen-bond acceptors (Lipinski definition) is 1. The fourth-order valence-corrected chi connectivity index (χ4v) is 2.41. The highest BCUT2D eigenvalue weighted by Gasteiger charge is 2.25. The second-order valence-electron chi connectivity index (χ2n) is 6.33. The van der Waals surface area contributed by atoms with Gasteiger partial charge in [-0.2, -0.15) is 0 Å². The monoisotopic (exact) mass is 278 g/mol. The summed E-state index contributed by atoms with van der Waals surface area (Å²) in [4.78, 5) is 4.71. The van der Waals surface area contributed by atoms with Crippen LogP contribution in [0, 0.1) is 18.3 Å². The Bertz CT molecular complexity index is 582. The molecule has 2 rings (SSSR count). The van der Waals surface area contributed by atoms with E-state index in [9.17, 15) is 0 Å². The van der Waals surface area contributed by atoms with E-state index in [1.54, 1.807) is 0 Å². The molecule has 2 aromatic rings. The molecule has 0 saturated carbocycles. The second kappa shape index (κ2) is 5.16. The van der Waals surface area contributed by atoms with Crippen molar-refractivity contribution in [2.24, 2.45) is 11.3 Å². The van der Waals surface area contributed by atoms with E-state index >= 15 is 0 Å². The van der Waals surface area contributed by atoms with E-state index in [0.717, 1.165) is 17.9 Å². The molecule has 0 aliphatic rings. The van der Waals surface area contributed by atoms with Gasteiger partial charge >= 0.3 is 0 Å². The smallest absolute Gasteiger partial charge is 0.124 e. The molecule has 0 aliphatic carbocycles. The van der Waals surface area contributed by atoms with Crippen LogP contribution in [0.5, 0.6) is 0 Å². The Kier molecular flexibility index (Phi) is 3.91. The molecule has 3 heteroatoms. The molecule has 2 nitrogen and oxygen atoms in total. The Morgan fingerprint density at radius 2 is 2.00 bits per heavy atom. The maximum Gasteiger partial charge on any atom is 0.124 e. The van der Waals surface area contributed by atoms with E-state index in [-0.39, 0.29) is 5.41 Å². The van der Waals surface area contributed by atoms with E-state index in [0.29, 0.717) is 11.8 Å². The van der Waals surface area contributed by atoms with Gasteiger partial charge in [-0.05, 0) is 29.9 Å². The predicted molar refractivity (Wildman–Crippen MR) is 82.6 cm³/mol. The fourth-order valence-electron chi connectivity index (χ4n) is 2.20. The highest BCUT2D eigenvalue weighted by Crippen LogP contribution is 2.31. The number of alkyl halides is 1. The summed E-state index contributed by atoms with van der Waals surface area (Å²) in [5.41, 5.74) is 3.71. The highest BCUT2D eigenvalue weighted by molar-refractivity contribution is 6.16. The van der Waals surface area contributed by atoms with Gasteiger partial charge in [-0.3, -0.25) is 0 Å². The number of imidazole rings is 1. The Labute approximate surface area is 120 Å². The van der Waals surface area contributed by atoms with Crippen LogP contribution in [-0.4, -0.2) is 9.55 Å². The lowest BCUT2D eigenvalue weighted by Crippen LogP contribution is -2.26. The summed E-state index contributed by atoms with van der Waals surface area (Å²) in [6.07, 6.45) is 0. The van der Waals surface area contributed by atoms with Gasteiger partial charge in [-0.25, -0.2) is 4.98 Å². The minimum atomic E-state index is 0.220. The van der Waals surface area contributed by atoms with Crippen LogP contribution in [0.15, 0.2) is 18.2 Å². The number of halogens is 1. The molecule has 0 spiro atoms. The van der Waals surface area contributed by atoms with Gasteiger partial charge in [0.2, 0.25) is 0 Å². The Balaban J connectivity index is 2.56. The molecule has 0 bridgehead atoms. The number of fused-ring (bicyclic) bond motifs is 1. The van der Waals surface area contributed by atoms with Crippen LogP contribution in [0.4, 0.5) is 0 Å². The van der Waals surface area contributed by atoms with Gasteiger partial charge in [0, 0.05) is 6.54 Å². The number of hydrogen-bond donors (Lipinski definition) is 0. The number of aryl methyl sites for hydroxylation is 1. The van der Waals surface area contributed by atoms with E-state index in [1.165, 1.54) is 11.1 Å². The molecule has 104 valence electrons. The lowest BCUT2D eigenvalue weighted by atomic mass is 9.81. The van der Waals surface area contributed by atoms with E-state index in [4.69, 9.17) is 16.6 Å². The maximum atomic E-state index is 6.08. The first kappa shape index (κ1) is 14.4. The molecule has 0 unspecified atom stereocenters. The van der Waals surface area contributed by atoms with Crippen molar-refractivity contribution < 1.29 is 0 Å². The summed E-state index contributed by atoms with van der Waals surface area (Å²) in [5, 5.41) is 0. The summed E-state index contributed by atoms with van der Waals surface area (Å²) in [5.74, 6) is 2.04. The zero-order chi connectivity index (χ0) is 14.2. The average molecular weight is 279 g/mol. The van der Waals surface area contributed by atoms with Crippen molar-refractivity contribution in [2.45, 2.75) is 47.0 Å². The molecule has 0 fully saturated rings. The summed E-state index contributed by atoms with van der Waals surface area (Å²) < 4.78 is 2.29. The molecule has 1 heterocycles. The number of rotatable bonds is 4. The predicted octanol–water partition coefficient (Wildman–Crippen LogP) is 4.77. The Morgan fingerprint density at radius 1 is 1.32 bits per heavy atom. The van der Waals surface area contributed by atoms with Crippen LogP contribution >= 0.6 is 11.6 Å². The third-order valence-electron chi connectivity index (χ3n) is 4.31. The number of benzene rings is 1. The topological polar surface area (TPSA) is 17.8 Å². The molecular weight excluding hydrogens is 256 g/mol. The van der Waals surface area contributed by atoms with Gasteiger partial charge < -0.3 is 4.57 Å². The van der Waals surface area contributed by atoms with Gasteiger partial charge in [0.1, 0.15) is 5.82 Å². The molecule has 0 atom stereocenters. The van der Waals surface area contributed by atoms with Crippen molar-refractivity contribution in [1.82, 2.24) is 9.55 Å². The molecule has 19 heavy (non-hydrogen) atoms. The summed E-state index contributed by atoms with van der Waals surface area (Å²) >= 11 is 6.08. The maximum absolute atomic E-state index is 6.08. The quantitative estimate of drug-likeness (QED) is 0.737. The van der Waals surface area contributed by atoms with Crippen molar-refractivity contribution in [1.29, 1.82) is 0 Å². The van der Waals surface area contributed by atoms with Crippen LogP contribution in [0.1, 0.15) is 39.1 Å². The van der Waals surface area contributed by atoms with Gasteiger partial charge in [0.05, 0.1) is 16.9 Å². The molecule has 1 aromatic heterocycles. The van der Waals surface area contributed by atoms with Gasteiger partial charge in [0.25, 0.3) is 0 Å². The van der Waals surface area contributed by atoms with Crippen molar-refractivity contribution in [3.05, 3.63) is 29.6 Å². The first-order valence-electron chi connectivity index (χ1n) is 6.87. The molecule has 0 N–H and O–H groups in total. The van der Waals surface area contributed by atoms with E-state index in [2.05, 4.69) is 57.4 Å². The van der Waals surface area contributed by atoms with Crippen molar-refractivity contribution in [3.8, 4) is 0 Å². The van der Waals surface area contributed by atoms with E-state index < -0.39 is 0 Å². The minimum absolute atomic E-state index is 0.220. The standard InChI is InChI=1S/C16H23ClN2/c1-11(2)16(4,5)10-19-13-8-6-7-12(3)15(13)18-14(19)9-17/h6-8,11H,9-10H2,1-5H3. The Morgan fingerprint density at radius 3 is 2.58 bits per heavy atom. The zero-order valence-corrected chi connectivity index (χ0v) is 13.3. The third-order valence-corrected chi connectivity index (χ3v) is 4.55. The lowest BCUT2D eigenvalue weighted by Gasteiger charge is -2.30. The summed E-state index contributed by atoms with van der Waals surface area (Å²) in [7, 11) is 0. The highest BCUT2D eigenvalue weighted by atomic mass is 35.5. The van der Waals surface area contributed by atoms with Crippen LogP contribution < -0.4 is 0 Å². The Hall–Kier alpha value is -1.02. The summed E-state index contributed by atoms with van der Waals surface area (Å²) in [6.45, 7) is 12.2. The van der Waals surface area contributed by atoms with Crippen molar-refractivity contribution in [3.63, 3.8) is 0 Å². The van der Waals surface area contributed by atoms with Gasteiger partial charge in [-0.1, -0.05) is 39.8 Å². The molecule has 0 saturated heterocycles. The average Bonchev–Trinajstić information content (AvgIpc) is 2.68. The zero-order valence-electron chi connectivity index (χ0n) is 12.5. The fraction of sp³-hybridized carbons (Fsp3) is 0.562. The molecule has 1 aromatic carbocycles. The SMILES string of the molecule is Cc1cccc2c1nc(CCl)n2CC(C)(C)C(C)C.